The molecular formula is C31H32F3N5O2. The van der Waals surface area contributed by atoms with Crippen LogP contribution in [-0.2, 0) is 9.59 Å². The van der Waals surface area contributed by atoms with E-state index in [1.807, 2.05) is 25.7 Å². The molecule has 1 atom stereocenters. The molecule has 1 aromatic heterocycles. The molecule has 0 saturated carbocycles. The molecule has 4 rings (SSSR count). The van der Waals surface area contributed by atoms with Crippen LogP contribution in [0, 0.1) is 17.5 Å². The summed E-state index contributed by atoms with van der Waals surface area (Å²) < 4.78 is 46.0. The van der Waals surface area contributed by atoms with Crippen LogP contribution >= 0.6 is 0 Å². The number of nitrogens with zero attached hydrogens (tertiary/aromatic N) is 5. The van der Waals surface area contributed by atoms with Gasteiger partial charge in [0.25, 0.3) is 0 Å². The van der Waals surface area contributed by atoms with E-state index in [0.29, 0.717) is 37.4 Å². The zero-order chi connectivity index (χ0) is 29.8. The second-order valence-electron chi connectivity index (χ2n) is 10.1. The Kier molecular flexibility index (Phi) is 8.90. The van der Waals surface area contributed by atoms with Crippen LogP contribution in [-0.4, -0.2) is 65.7 Å². The van der Waals surface area contributed by atoms with Crippen LogP contribution in [0.1, 0.15) is 37.8 Å². The van der Waals surface area contributed by atoms with Gasteiger partial charge in [-0.2, -0.15) is 0 Å². The average molecular weight is 564 g/mol. The first-order chi connectivity index (χ1) is 19.6. The number of halogens is 3. The highest BCUT2D eigenvalue weighted by molar-refractivity contribution is 6.06. The lowest BCUT2D eigenvalue weighted by molar-refractivity contribution is -0.128. The number of carbonyl (C=O) groups is 2. The molecule has 41 heavy (non-hydrogen) atoms. The molecule has 3 aromatic rings. The highest BCUT2D eigenvalue weighted by atomic mass is 19.1. The molecule has 0 bridgehead atoms. The van der Waals surface area contributed by atoms with Gasteiger partial charge in [-0.1, -0.05) is 44.7 Å². The van der Waals surface area contributed by atoms with E-state index in [-0.39, 0.29) is 46.2 Å². The fourth-order valence-electron chi connectivity index (χ4n) is 5.14. The zero-order valence-electron chi connectivity index (χ0n) is 23.4. The lowest BCUT2D eigenvalue weighted by Crippen LogP contribution is -2.55. The molecule has 2 heterocycles. The molecule has 0 aliphatic carbocycles. The summed E-state index contributed by atoms with van der Waals surface area (Å²) in [7, 11) is 1.52. The Morgan fingerprint density at radius 3 is 2.41 bits per heavy atom. The van der Waals surface area contributed by atoms with E-state index in [9.17, 15) is 14.0 Å². The van der Waals surface area contributed by atoms with Crippen molar-refractivity contribution in [2.24, 2.45) is 4.99 Å². The Bertz CT molecular complexity index is 1510. The second kappa shape index (κ2) is 12.4. The molecule has 1 aliphatic heterocycles. The van der Waals surface area contributed by atoms with E-state index in [1.165, 1.54) is 37.4 Å². The van der Waals surface area contributed by atoms with E-state index < -0.39 is 17.5 Å². The number of hydrogen-bond acceptors (Lipinski definition) is 4. The molecule has 1 fully saturated rings. The standard InChI is InChI=1S/C31H32F3N5O2/c1-6-27(41)37-14-15-38(20(4)17-37)30(35-5)23-16-26(34)28(22-10-7-8-12-24(22)32)36-31(23)39(18-40)29-21(19(2)3)11-9-13-25(29)33/h6-13,16,18-20H,1,14-15,17H2,2-5H3/b35-30+. The minimum Gasteiger partial charge on any atom is -0.350 e. The Morgan fingerprint density at radius 1 is 1.10 bits per heavy atom. The number of hydrogen-bond donors (Lipinski definition) is 0. The molecule has 7 nitrogen and oxygen atoms in total. The lowest BCUT2D eigenvalue weighted by Gasteiger charge is -2.41. The smallest absolute Gasteiger partial charge is 0.246 e. The van der Waals surface area contributed by atoms with Crippen LogP contribution in [0.25, 0.3) is 11.3 Å². The first-order valence-electron chi connectivity index (χ1n) is 13.3. The van der Waals surface area contributed by atoms with Crippen molar-refractivity contribution < 1.29 is 22.8 Å². The summed E-state index contributed by atoms with van der Waals surface area (Å²) in [6, 6.07) is 10.9. The third-order valence-corrected chi connectivity index (χ3v) is 7.14. The van der Waals surface area contributed by atoms with E-state index in [1.54, 1.807) is 23.1 Å². The van der Waals surface area contributed by atoms with Crippen molar-refractivity contribution in [1.29, 1.82) is 0 Å². The molecule has 1 unspecified atom stereocenters. The summed E-state index contributed by atoms with van der Waals surface area (Å²) in [5, 5.41) is 0. The number of anilines is 2. The quantitative estimate of drug-likeness (QED) is 0.161. The Labute approximate surface area is 237 Å². The topological polar surface area (TPSA) is 69.1 Å². The second-order valence-corrected chi connectivity index (χ2v) is 10.1. The number of benzene rings is 2. The molecule has 1 saturated heterocycles. The van der Waals surface area contributed by atoms with Gasteiger partial charge >= 0.3 is 0 Å². The molecular weight excluding hydrogens is 531 g/mol. The summed E-state index contributed by atoms with van der Waals surface area (Å²) in [5.41, 5.74) is 0.163. The minimum absolute atomic E-state index is 0.0396. The minimum atomic E-state index is -0.841. The van der Waals surface area contributed by atoms with Crippen molar-refractivity contribution in [1.82, 2.24) is 14.8 Å². The number of piperazine rings is 1. The Morgan fingerprint density at radius 2 is 1.80 bits per heavy atom. The fourth-order valence-corrected chi connectivity index (χ4v) is 5.14. The van der Waals surface area contributed by atoms with Crippen LogP contribution in [0.15, 0.2) is 66.2 Å². The maximum atomic E-state index is 15.8. The highest BCUT2D eigenvalue weighted by Crippen LogP contribution is 2.38. The van der Waals surface area contributed by atoms with Crippen molar-refractivity contribution in [3.05, 3.63) is 89.8 Å². The first-order valence-corrected chi connectivity index (χ1v) is 13.3. The van der Waals surface area contributed by atoms with Gasteiger partial charge in [0.1, 0.15) is 29.0 Å². The zero-order valence-corrected chi connectivity index (χ0v) is 23.4. The van der Waals surface area contributed by atoms with Crippen LogP contribution in [0.5, 0.6) is 0 Å². The predicted octanol–water partition coefficient (Wildman–Crippen LogP) is 5.68. The Hall–Kier alpha value is -4.47. The van der Waals surface area contributed by atoms with Crippen LogP contribution in [0.3, 0.4) is 0 Å². The molecule has 10 heteroatoms. The number of pyridine rings is 1. The number of aromatic nitrogens is 1. The van der Waals surface area contributed by atoms with Crippen LogP contribution in [0.2, 0.25) is 0 Å². The van der Waals surface area contributed by atoms with Gasteiger partial charge in [-0.05, 0) is 48.7 Å². The number of carbonyl (C=O) groups excluding carboxylic acids is 2. The molecule has 2 aromatic carbocycles. The number of aliphatic imine (C=N–C) groups is 1. The summed E-state index contributed by atoms with van der Waals surface area (Å²) in [5.74, 6) is -2.41. The normalized spacial score (nSPS) is 15.7. The molecule has 2 amide bonds. The Balaban J connectivity index is 1.95. The predicted molar refractivity (Wildman–Crippen MR) is 154 cm³/mol. The highest BCUT2D eigenvalue weighted by Gasteiger charge is 2.33. The van der Waals surface area contributed by atoms with Crippen molar-refractivity contribution in [2.45, 2.75) is 32.7 Å². The van der Waals surface area contributed by atoms with Crippen LogP contribution in [0.4, 0.5) is 24.7 Å². The van der Waals surface area contributed by atoms with Gasteiger partial charge in [0, 0.05) is 38.3 Å². The number of amidine groups is 1. The van der Waals surface area contributed by atoms with Gasteiger partial charge in [-0.25, -0.2) is 18.2 Å². The van der Waals surface area contributed by atoms with Gasteiger partial charge in [0.05, 0.1) is 11.3 Å². The molecule has 0 N–H and O–H groups in total. The van der Waals surface area contributed by atoms with Gasteiger partial charge in [0.2, 0.25) is 12.3 Å². The van der Waals surface area contributed by atoms with Crippen LogP contribution < -0.4 is 4.90 Å². The number of para-hydroxylation sites is 1. The van der Waals surface area contributed by atoms with E-state index in [0.717, 1.165) is 11.0 Å². The monoisotopic (exact) mass is 563 g/mol. The maximum absolute atomic E-state index is 15.8. The van der Waals surface area contributed by atoms with Crippen molar-refractivity contribution in [3.63, 3.8) is 0 Å². The lowest BCUT2D eigenvalue weighted by atomic mass is 9.99. The van der Waals surface area contributed by atoms with Crippen molar-refractivity contribution in [3.8, 4) is 11.3 Å². The SMILES string of the molecule is C=CC(=O)N1CCN(/C(=N/C)c2cc(F)c(-c3ccccc3F)nc2N(C=O)c2c(F)cccc2C(C)C)C(C)C1. The first kappa shape index (κ1) is 29.5. The summed E-state index contributed by atoms with van der Waals surface area (Å²) in [4.78, 5) is 38.4. The van der Waals surface area contributed by atoms with Gasteiger partial charge in [-0.3, -0.25) is 19.5 Å². The van der Waals surface area contributed by atoms with E-state index >= 15 is 8.78 Å². The van der Waals surface area contributed by atoms with Crippen molar-refractivity contribution in [2.75, 3.05) is 31.6 Å². The summed E-state index contributed by atoms with van der Waals surface area (Å²) >= 11 is 0. The van der Waals surface area contributed by atoms with E-state index in [4.69, 9.17) is 0 Å². The van der Waals surface area contributed by atoms with Crippen molar-refractivity contribution >= 4 is 29.7 Å². The van der Waals surface area contributed by atoms with Gasteiger partial charge < -0.3 is 9.80 Å². The van der Waals surface area contributed by atoms with Gasteiger partial charge in [0.15, 0.2) is 5.82 Å². The summed E-state index contributed by atoms with van der Waals surface area (Å²) in [6.07, 6.45) is 1.66. The molecule has 0 spiro atoms. The summed E-state index contributed by atoms with van der Waals surface area (Å²) in [6.45, 7) is 10.2. The molecule has 1 aliphatic rings. The molecule has 214 valence electrons. The van der Waals surface area contributed by atoms with E-state index in [2.05, 4.69) is 16.6 Å². The molecule has 0 radical (unpaired) electrons. The van der Waals surface area contributed by atoms with Gasteiger partial charge in [-0.15, -0.1) is 0 Å². The number of amides is 2. The average Bonchev–Trinajstić information content (AvgIpc) is 2.96. The third kappa shape index (κ3) is 5.73. The largest absolute Gasteiger partial charge is 0.350 e. The fraction of sp³-hybridized carbons (Fsp3) is 0.290. The third-order valence-electron chi connectivity index (χ3n) is 7.14. The maximum Gasteiger partial charge on any atom is 0.246 e. The number of rotatable bonds is 7.